The van der Waals surface area contributed by atoms with Crippen molar-refractivity contribution in [3.8, 4) is 10.6 Å². The minimum atomic E-state index is -0.640. The van der Waals surface area contributed by atoms with Gasteiger partial charge in [0.25, 0.3) is 0 Å². The molecule has 0 N–H and O–H groups in total. The van der Waals surface area contributed by atoms with Crippen molar-refractivity contribution in [2.45, 2.75) is 32.1 Å². The molecule has 2 fully saturated rings. The van der Waals surface area contributed by atoms with E-state index >= 15 is 0 Å². The van der Waals surface area contributed by atoms with E-state index in [1.165, 1.54) is 11.3 Å². The Morgan fingerprint density at radius 1 is 1.09 bits per heavy atom. The van der Waals surface area contributed by atoms with Crippen LogP contribution in [0.25, 0.3) is 10.6 Å². The molecule has 0 saturated heterocycles. The zero-order chi connectivity index (χ0) is 16.1. The van der Waals surface area contributed by atoms with E-state index in [0.29, 0.717) is 10.7 Å². The number of hydrogen-bond donors (Lipinski definition) is 0. The molecule has 4 rings (SSSR count). The maximum atomic E-state index is 12.7. The fourth-order valence-corrected chi connectivity index (χ4v) is 4.85. The summed E-state index contributed by atoms with van der Waals surface area (Å²) in [5.74, 6) is -0.358. The maximum Gasteiger partial charge on any atom is 0.152 e. The van der Waals surface area contributed by atoms with Crippen LogP contribution in [0, 0.1) is 18.8 Å². The molecule has 2 saturated carbocycles. The molecule has 0 unspecified atom stereocenters. The smallest absolute Gasteiger partial charge is 0.152 e. The van der Waals surface area contributed by atoms with Crippen molar-refractivity contribution >= 4 is 34.5 Å². The van der Waals surface area contributed by atoms with E-state index in [1.807, 2.05) is 31.2 Å². The van der Waals surface area contributed by atoms with Crippen molar-refractivity contribution in [2.24, 2.45) is 11.8 Å². The molecule has 1 aromatic carbocycles. The first-order valence-corrected chi connectivity index (χ1v) is 9.04. The Balaban J connectivity index is 1.73. The average Bonchev–Trinajstić information content (AvgIpc) is 3.13. The molecular formula is C18H16ClNO2S. The highest BCUT2D eigenvalue weighted by molar-refractivity contribution is 7.15. The van der Waals surface area contributed by atoms with Gasteiger partial charge in [-0.1, -0.05) is 23.7 Å². The van der Waals surface area contributed by atoms with Crippen molar-refractivity contribution in [2.75, 3.05) is 0 Å². The van der Waals surface area contributed by atoms with Crippen LogP contribution < -0.4 is 0 Å². The van der Waals surface area contributed by atoms with Crippen LogP contribution in [0.15, 0.2) is 24.3 Å². The van der Waals surface area contributed by atoms with Crippen LogP contribution in [-0.4, -0.2) is 16.6 Å². The first-order chi connectivity index (χ1) is 11.0. The molecule has 3 nitrogen and oxygen atoms in total. The quantitative estimate of drug-likeness (QED) is 0.757. The summed E-state index contributed by atoms with van der Waals surface area (Å²) in [5, 5.41) is 1.52. The number of nitrogens with zero attached hydrogens (tertiary/aromatic N) is 1. The number of carbonyl (C=O) groups excluding carboxylic acids is 2. The van der Waals surface area contributed by atoms with E-state index in [1.54, 1.807) is 0 Å². The van der Waals surface area contributed by atoms with Gasteiger partial charge in [0.05, 0.1) is 5.69 Å². The SMILES string of the molecule is Cc1sc(-c2ccc(Cl)cc2)nc1C1C(=O)[C@H]2CC[C@@H](C2)C1=O. The van der Waals surface area contributed by atoms with E-state index in [0.717, 1.165) is 34.7 Å². The van der Waals surface area contributed by atoms with Gasteiger partial charge in [-0.05, 0) is 38.3 Å². The largest absolute Gasteiger partial charge is 0.298 e. The van der Waals surface area contributed by atoms with E-state index in [4.69, 9.17) is 11.6 Å². The van der Waals surface area contributed by atoms with Crippen LogP contribution in [0.3, 0.4) is 0 Å². The second kappa shape index (κ2) is 5.53. The Kier molecular flexibility index (Phi) is 3.62. The Hall–Kier alpha value is -1.52. The average molecular weight is 346 g/mol. The fourth-order valence-electron chi connectivity index (χ4n) is 3.77. The Morgan fingerprint density at radius 3 is 2.30 bits per heavy atom. The van der Waals surface area contributed by atoms with Crippen molar-refractivity contribution in [1.82, 2.24) is 4.98 Å². The number of thiazole rings is 1. The molecule has 2 atom stereocenters. The lowest BCUT2D eigenvalue weighted by Gasteiger charge is -2.24. The molecule has 0 aliphatic heterocycles. The second-order valence-electron chi connectivity index (χ2n) is 6.41. The van der Waals surface area contributed by atoms with Gasteiger partial charge in [-0.2, -0.15) is 0 Å². The second-order valence-corrected chi connectivity index (χ2v) is 8.05. The highest BCUT2D eigenvalue weighted by atomic mass is 35.5. The van der Waals surface area contributed by atoms with Gasteiger partial charge in [-0.15, -0.1) is 11.3 Å². The van der Waals surface area contributed by atoms with Crippen molar-refractivity contribution in [3.05, 3.63) is 39.9 Å². The number of carbonyl (C=O) groups is 2. The third-order valence-electron chi connectivity index (χ3n) is 5.00. The van der Waals surface area contributed by atoms with Gasteiger partial charge in [0.1, 0.15) is 10.9 Å². The highest BCUT2D eigenvalue weighted by Gasteiger charge is 2.48. The van der Waals surface area contributed by atoms with Crippen LogP contribution >= 0.6 is 22.9 Å². The molecule has 118 valence electrons. The first kappa shape index (κ1) is 15.0. The van der Waals surface area contributed by atoms with Crippen molar-refractivity contribution in [1.29, 1.82) is 0 Å². The Labute approximate surface area is 143 Å². The lowest BCUT2D eigenvalue weighted by atomic mass is 9.77. The van der Waals surface area contributed by atoms with Crippen LogP contribution in [-0.2, 0) is 9.59 Å². The minimum Gasteiger partial charge on any atom is -0.298 e. The molecule has 5 heteroatoms. The Morgan fingerprint density at radius 2 is 1.70 bits per heavy atom. The van der Waals surface area contributed by atoms with E-state index in [2.05, 4.69) is 4.98 Å². The number of aryl methyl sites for hydroxylation is 1. The molecule has 2 aliphatic carbocycles. The van der Waals surface area contributed by atoms with Crippen LogP contribution in [0.2, 0.25) is 5.02 Å². The highest BCUT2D eigenvalue weighted by Crippen LogP contribution is 2.45. The molecule has 2 bridgehead atoms. The molecule has 0 spiro atoms. The Bertz CT molecular complexity index is 774. The molecule has 0 radical (unpaired) electrons. The molecule has 23 heavy (non-hydrogen) atoms. The summed E-state index contributed by atoms with van der Waals surface area (Å²) in [4.78, 5) is 31.0. The molecule has 0 amide bonds. The molecule has 1 aromatic heterocycles. The monoisotopic (exact) mass is 345 g/mol. The fraction of sp³-hybridized carbons (Fsp3) is 0.389. The van der Waals surface area contributed by atoms with Crippen LogP contribution in [0.4, 0.5) is 0 Å². The first-order valence-electron chi connectivity index (χ1n) is 7.85. The van der Waals surface area contributed by atoms with Crippen LogP contribution in [0.1, 0.15) is 35.8 Å². The predicted molar refractivity (Wildman–Crippen MR) is 90.9 cm³/mol. The third kappa shape index (κ3) is 2.45. The zero-order valence-electron chi connectivity index (χ0n) is 12.7. The predicted octanol–water partition coefficient (Wildman–Crippen LogP) is 4.42. The summed E-state index contributed by atoms with van der Waals surface area (Å²) >= 11 is 7.46. The van der Waals surface area contributed by atoms with Gasteiger partial charge in [0.2, 0.25) is 0 Å². The number of halogens is 1. The number of hydrogen-bond acceptors (Lipinski definition) is 4. The lowest BCUT2D eigenvalue weighted by molar-refractivity contribution is -0.136. The minimum absolute atomic E-state index is 0.0581. The van der Waals surface area contributed by atoms with Gasteiger partial charge in [0, 0.05) is 27.3 Å². The van der Waals surface area contributed by atoms with Crippen molar-refractivity contribution in [3.63, 3.8) is 0 Å². The summed E-state index contributed by atoms with van der Waals surface area (Å²) in [7, 11) is 0. The van der Waals surface area contributed by atoms with E-state index in [-0.39, 0.29) is 23.4 Å². The van der Waals surface area contributed by atoms with E-state index < -0.39 is 5.92 Å². The number of aromatic nitrogens is 1. The molecule has 2 aliphatic rings. The van der Waals surface area contributed by atoms with Gasteiger partial charge < -0.3 is 0 Å². The number of Topliss-reactive ketones (excluding diaryl/α,β-unsaturated/α-hetero) is 2. The summed E-state index contributed by atoms with van der Waals surface area (Å²) in [6, 6.07) is 7.48. The number of fused-ring (bicyclic) bond motifs is 2. The number of rotatable bonds is 2. The van der Waals surface area contributed by atoms with Crippen molar-refractivity contribution < 1.29 is 9.59 Å². The summed E-state index contributed by atoms with van der Waals surface area (Å²) in [6.07, 6.45) is 2.47. The third-order valence-corrected chi connectivity index (χ3v) is 6.29. The lowest BCUT2D eigenvalue weighted by Crippen LogP contribution is -2.35. The standard InChI is InChI=1S/C18H16ClNO2S/c1-9-15(14-16(21)11-2-3-12(8-11)17(14)22)20-18(23-9)10-4-6-13(19)7-5-10/h4-7,11-12,14H,2-3,8H2,1H3/t11-,12-/m0/s1. The van der Waals surface area contributed by atoms with Gasteiger partial charge >= 0.3 is 0 Å². The van der Waals surface area contributed by atoms with Gasteiger partial charge in [-0.3, -0.25) is 9.59 Å². The number of ketones is 2. The maximum absolute atomic E-state index is 12.7. The number of benzene rings is 1. The van der Waals surface area contributed by atoms with E-state index in [9.17, 15) is 9.59 Å². The van der Waals surface area contributed by atoms with Gasteiger partial charge in [-0.25, -0.2) is 4.98 Å². The molecule has 2 aromatic rings. The van der Waals surface area contributed by atoms with Gasteiger partial charge in [0.15, 0.2) is 11.6 Å². The summed E-state index contributed by atoms with van der Waals surface area (Å²) < 4.78 is 0. The zero-order valence-corrected chi connectivity index (χ0v) is 14.3. The summed E-state index contributed by atoms with van der Waals surface area (Å²) in [5.41, 5.74) is 1.64. The molecule has 1 heterocycles. The molecular weight excluding hydrogens is 330 g/mol. The van der Waals surface area contributed by atoms with Crippen LogP contribution in [0.5, 0.6) is 0 Å². The topological polar surface area (TPSA) is 47.0 Å². The summed E-state index contributed by atoms with van der Waals surface area (Å²) in [6.45, 7) is 1.95. The normalized spacial score (nSPS) is 26.8.